The zero-order valence-electron chi connectivity index (χ0n) is 20.4. The van der Waals surface area contributed by atoms with Crippen molar-refractivity contribution in [1.29, 1.82) is 0 Å². The lowest BCUT2D eigenvalue weighted by Crippen LogP contribution is -2.44. The molecule has 0 aromatic heterocycles. The highest BCUT2D eigenvalue weighted by molar-refractivity contribution is 6.02. The number of hydrogen-bond acceptors (Lipinski definition) is 6. The normalized spacial score (nSPS) is 21.4. The van der Waals surface area contributed by atoms with Crippen molar-refractivity contribution in [3.63, 3.8) is 0 Å². The van der Waals surface area contributed by atoms with Gasteiger partial charge in [0.15, 0.2) is 0 Å². The fourth-order valence-electron chi connectivity index (χ4n) is 3.77. The van der Waals surface area contributed by atoms with E-state index in [1.807, 2.05) is 13.0 Å². The first-order valence-electron chi connectivity index (χ1n) is 11.3. The third kappa shape index (κ3) is 6.39. The van der Waals surface area contributed by atoms with Gasteiger partial charge in [0.25, 0.3) is 5.91 Å². The van der Waals surface area contributed by atoms with E-state index in [9.17, 15) is 9.59 Å². The molecular formula is C25H34N4O5. The number of carbonyl (C=O) groups excluding carboxylic acids is 2. The number of nitrogens with zero attached hydrogens (tertiary/aromatic N) is 1. The van der Waals surface area contributed by atoms with Crippen LogP contribution in [-0.4, -0.2) is 69.9 Å². The molecule has 2 aromatic carbocycles. The predicted molar refractivity (Wildman–Crippen MR) is 132 cm³/mol. The quantitative estimate of drug-likeness (QED) is 0.633. The fraction of sp³-hybridized carbons (Fsp3) is 0.440. The van der Waals surface area contributed by atoms with Crippen LogP contribution in [-0.2, 0) is 4.74 Å². The Kier molecular flexibility index (Phi) is 8.72. The number of urea groups is 1. The average molecular weight is 471 g/mol. The van der Waals surface area contributed by atoms with Crippen LogP contribution in [0.5, 0.6) is 11.5 Å². The molecule has 1 aliphatic heterocycles. The van der Waals surface area contributed by atoms with E-state index in [0.717, 1.165) is 6.54 Å². The fourth-order valence-corrected chi connectivity index (χ4v) is 3.77. The number of fused-ring (bicyclic) bond motifs is 1. The summed E-state index contributed by atoms with van der Waals surface area (Å²) in [6, 6.07) is 11.8. The standard InChI is InChI=1S/C25H34N4O5/c1-16-13-26-17(2)15-34-22-12-18(10-11-19(22)24(30)29(3)14-23(16)33-5)27-25(31)28-20-8-6-7-9-21(20)32-4/h6-12,16-17,23,26H,13-15H2,1-5H3,(H2,27,28,31)/t16-,17+,23-/m1/s1. The van der Waals surface area contributed by atoms with Gasteiger partial charge in [-0.3, -0.25) is 4.79 Å². The Labute approximate surface area is 200 Å². The molecule has 9 heteroatoms. The molecule has 0 unspecified atom stereocenters. The van der Waals surface area contributed by atoms with E-state index in [0.29, 0.717) is 41.6 Å². The molecule has 1 heterocycles. The van der Waals surface area contributed by atoms with E-state index in [4.69, 9.17) is 14.2 Å². The third-order valence-electron chi connectivity index (χ3n) is 5.84. The minimum atomic E-state index is -0.437. The number of benzene rings is 2. The van der Waals surface area contributed by atoms with Crippen LogP contribution in [0.1, 0.15) is 24.2 Å². The molecule has 3 N–H and O–H groups in total. The maximum atomic E-state index is 13.2. The number of carbonyl (C=O) groups is 2. The maximum absolute atomic E-state index is 13.2. The molecule has 0 bridgehead atoms. The molecule has 0 saturated heterocycles. The summed E-state index contributed by atoms with van der Waals surface area (Å²) in [7, 11) is 4.96. The molecule has 0 fully saturated rings. The van der Waals surface area contributed by atoms with E-state index in [1.165, 1.54) is 0 Å². The summed E-state index contributed by atoms with van der Waals surface area (Å²) in [6.07, 6.45) is -0.0999. The second-order valence-corrected chi connectivity index (χ2v) is 8.55. The molecule has 1 aliphatic rings. The van der Waals surface area contributed by atoms with Crippen LogP contribution in [0.15, 0.2) is 42.5 Å². The smallest absolute Gasteiger partial charge is 0.323 e. The van der Waals surface area contributed by atoms with E-state index < -0.39 is 6.03 Å². The number of ether oxygens (including phenoxy) is 3. The Bertz CT molecular complexity index is 999. The average Bonchev–Trinajstić information content (AvgIpc) is 2.83. The monoisotopic (exact) mass is 470 g/mol. The molecule has 0 spiro atoms. The zero-order chi connectivity index (χ0) is 24.7. The van der Waals surface area contributed by atoms with Crippen LogP contribution in [0, 0.1) is 5.92 Å². The highest BCUT2D eigenvalue weighted by atomic mass is 16.5. The van der Waals surface area contributed by atoms with Crippen molar-refractivity contribution in [3.8, 4) is 11.5 Å². The first kappa shape index (κ1) is 25.3. The van der Waals surface area contributed by atoms with Gasteiger partial charge in [-0.2, -0.15) is 0 Å². The highest BCUT2D eigenvalue weighted by Crippen LogP contribution is 2.27. The molecule has 2 aromatic rings. The molecular weight excluding hydrogens is 436 g/mol. The van der Waals surface area contributed by atoms with Gasteiger partial charge in [0.2, 0.25) is 0 Å². The van der Waals surface area contributed by atoms with Crippen molar-refractivity contribution in [2.75, 3.05) is 51.6 Å². The highest BCUT2D eigenvalue weighted by Gasteiger charge is 2.25. The Balaban J connectivity index is 1.81. The van der Waals surface area contributed by atoms with E-state index >= 15 is 0 Å². The molecule has 3 amide bonds. The van der Waals surface area contributed by atoms with Crippen molar-refractivity contribution < 1.29 is 23.8 Å². The summed E-state index contributed by atoms with van der Waals surface area (Å²) in [5.41, 5.74) is 1.47. The van der Waals surface area contributed by atoms with Crippen LogP contribution >= 0.6 is 0 Å². The van der Waals surface area contributed by atoms with Crippen molar-refractivity contribution in [3.05, 3.63) is 48.0 Å². The number of hydrogen-bond donors (Lipinski definition) is 3. The number of anilines is 2. The van der Waals surface area contributed by atoms with Gasteiger partial charge in [-0.1, -0.05) is 19.1 Å². The molecule has 3 atom stereocenters. The van der Waals surface area contributed by atoms with Crippen LogP contribution < -0.4 is 25.4 Å². The summed E-state index contributed by atoms with van der Waals surface area (Å²) in [5.74, 6) is 1.01. The Hall–Kier alpha value is -3.30. The summed E-state index contributed by atoms with van der Waals surface area (Å²) >= 11 is 0. The van der Waals surface area contributed by atoms with Crippen molar-refractivity contribution >= 4 is 23.3 Å². The molecule has 0 aliphatic carbocycles. The number of para-hydroxylation sites is 2. The molecule has 0 radical (unpaired) electrons. The van der Waals surface area contributed by atoms with Gasteiger partial charge in [-0.05, 0) is 37.1 Å². The lowest BCUT2D eigenvalue weighted by atomic mass is 10.0. The van der Waals surface area contributed by atoms with Crippen LogP contribution in [0.4, 0.5) is 16.2 Å². The Morgan fingerprint density at radius 2 is 1.91 bits per heavy atom. The second kappa shape index (κ2) is 11.7. The van der Waals surface area contributed by atoms with E-state index in [-0.39, 0.29) is 24.0 Å². The summed E-state index contributed by atoms with van der Waals surface area (Å²) < 4.78 is 16.9. The van der Waals surface area contributed by atoms with Crippen LogP contribution in [0.25, 0.3) is 0 Å². The molecule has 184 valence electrons. The van der Waals surface area contributed by atoms with Crippen molar-refractivity contribution in [2.45, 2.75) is 26.0 Å². The summed E-state index contributed by atoms with van der Waals surface area (Å²) in [5, 5.41) is 9.02. The molecule has 9 nitrogen and oxygen atoms in total. The number of amides is 3. The van der Waals surface area contributed by atoms with Gasteiger partial charge in [0.05, 0.1) is 24.5 Å². The minimum absolute atomic E-state index is 0.0607. The van der Waals surface area contributed by atoms with Crippen molar-refractivity contribution in [2.24, 2.45) is 5.92 Å². The largest absolute Gasteiger partial charge is 0.495 e. The first-order valence-corrected chi connectivity index (χ1v) is 11.3. The number of rotatable bonds is 4. The summed E-state index contributed by atoms with van der Waals surface area (Å²) in [4.78, 5) is 27.4. The summed E-state index contributed by atoms with van der Waals surface area (Å²) in [6.45, 7) is 5.68. The lowest BCUT2D eigenvalue weighted by molar-refractivity contribution is 0.0281. The van der Waals surface area contributed by atoms with Crippen LogP contribution in [0.3, 0.4) is 0 Å². The van der Waals surface area contributed by atoms with Gasteiger partial charge in [0, 0.05) is 45.0 Å². The third-order valence-corrected chi connectivity index (χ3v) is 5.84. The number of likely N-dealkylation sites (N-methyl/N-ethyl adjacent to an activating group) is 1. The SMILES string of the molecule is COc1ccccc1NC(=O)Nc1ccc2c(c1)OC[C@H](C)NC[C@@H](C)[C@H](OC)CN(C)C2=O. The van der Waals surface area contributed by atoms with Crippen molar-refractivity contribution in [1.82, 2.24) is 10.2 Å². The Morgan fingerprint density at radius 3 is 2.65 bits per heavy atom. The topological polar surface area (TPSA) is 101 Å². The maximum Gasteiger partial charge on any atom is 0.323 e. The minimum Gasteiger partial charge on any atom is -0.495 e. The molecule has 3 rings (SSSR count). The van der Waals surface area contributed by atoms with Gasteiger partial charge in [-0.15, -0.1) is 0 Å². The molecule has 34 heavy (non-hydrogen) atoms. The Morgan fingerprint density at radius 1 is 1.15 bits per heavy atom. The van der Waals surface area contributed by atoms with E-state index in [1.54, 1.807) is 62.6 Å². The van der Waals surface area contributed by atoms with Gasteiger partial charge >= 0.3 is 6.03 Å². The number of methoxy groups -OCH3 is 2. The first-order chi connectivity index (χ1) is 16.3. The van der Waals surface area contributed by atoms with E-state index in [2.05, 4.69) is 22.9 Å². The lowest BCUT2D eigenvalue weighted by Gasteiger charge is -2.30. The van der Waals surface area contributed by atoms with Crippen LogP contribution in [0.2, 0.25) is 0 Å². The van der Waals surface area contributed by atoms with Gasteiger partial charge in [0.1, 0.15) is 18.1 Å². The second-order valence-electron chi connectivity index (χ2n) is 8.55. The van der Waals surface area contributed by atoms with Gasteiger partial charge < -0.3 is 35.1 Å². The number of nitrogens with one attached hydrogen (secondary N) is 3. The predicted octanol–water partition coefficient (Wildman–Crippen LogP) is 3.43. The zero-order valence-corrected chi connectivity index (χ0v) is 20.4. The van der Waals surface area contributed by atoms with Gasteiger partial charge in [-0.25, -0.2) is 4.79 Å². The molecule has 0 saturated carbocycles.